The van der Waals surface area contributed by atoms with Crippen molar-refractivity contribution in [1.82, 2.24) is 24.6 Å². The summed E-state index contributed by atoms with van der Waals surface area (Å²) in [4.78, 5) is 12.8. The molecule has 108 valence electrons. The van der Waals surface area contributed by atoms with Crippen molar-refractivity contribution >= 4 is 39.9 Å². The minimum atomic E-state index is -0.248. The highest BCUT2D eigenvalue weighted by molar-refractivity contribution is 6.35. The van der Waals surface area contributed by atoms with Gasteiger partial charge in [0.05, 0.1) is 21.6 Å². The van der Waals surface area contributed by atoms with Crippen LogP contribution in [-0.4, -0.2) is 24.6 Å². The Morgan fingerprint density at radius 2 is 1.86 bits per heavy atom. The lowest BCUT2D eigenvalue weighted by atomic mass is 10.2. The number of aromatic nitrogens is 5. The van der Waals surface area contributed by atoms with Crippen molar-refractivity contribution in [3.63, 3.8) is 0 Å². The molecule has 0 aliphatic heterocycles. The second kappa shape index (κ2) is 4.79. The molecule has 4 aromatic rings. The highest BCUT2D eigenvalue weighted by Crippen LogP contribution is 2.25. The number of hydrogen-bond acceptors (Lipinski definition) is 4. The smallest absolute Gasteiger partial charge is 0.267 e. The molecule has 0 atom stereocenters. The third-order valence-corrected chi connectivity index (χ3v) is 3.91. The van der Waals surface area contributed by atoms with Crippen LogP contribution in [0.3, 0.4) is 0 Å². The van der Waals surface area contributed by atoms with E-state index in [2.05, 4.69) is 15.5 Å². The SMILES string of the molecule is O=c1c2ccccc2n2nnnc2n1-c1ccc(Cl)cc1Cl. The topological polar surface area (TPSA) is 65.1 Å². The highest BCUT2D eigenvalue weighted by Gasteiger charge is 2.16. The highest BCUT2D eigenvalue weighted by atomic mass is 35.5. The number of benzene rings is 2. The maximum Gasteiger partial charge on any atom is 0.267 e. The van der Waals surface area contributed by atoms with Crippen LogP contribution in [0, 0.1) is 0 Å². The number of rotatable bonds is 1. The first kappa shape index (κ1) is 13.2. The summed E-state index contributed by atoms with van der Waals surface area (Å²) >= 11 is 12.2. The largest absolute Gasteiger partial charge is 0.268 e. The molecule has 0 radical (unpaired) electrons. The van der Waals surface area contributed by atoms with Crippen LogP contribution in [0.25, 0.3) is 22.4 Å². The molecule has 0 fully saturated rings. The molecule has 8 heteroatoms. The number of halogens is 2. The van der Waals surface area contributed by atoms with Crippen LogP contribution in [0.1, 0.15) is 0 Å². The Labute approximate surface area is 133 Å². The van der Waals surface area contributed by atoms with Gasteiger partial charge in [0.2, 0.25) is 0 Å². The van der Waals surface area contributed by atoms with E-state index in [0.717, 1.165) is 0 Å². The second-order valence-corrected chi connectivity index (χ2v) is 5.49. The van der Waals surface area contributed by atoms with Crippen LogP contribution in [0.4, 0.5) is 0 Å². The first-order valence-electron chi connectivity index (χ1n) is 6.34. The Bertz CT molecular complexity index is 1090. The van der Waals surface area contributed by atoms with E-state index in [1.54, 1.807) is 36.4 Å². The summed E-state index contributed by atoms with van der Waals surface area (Å²) in [5.74, 6) is 0.285. The molecule has 0 spiro atoms. The Hall–Kier alpha value is -2.44. The number of nitrogens with zero attached hydrogens (tertiary/aromatic N) is 5. The van der Waals surface area contributed by atoms with Crippen LogP contribution >= 0.6 is 23.2 Å². The van der Waals surface area contributed by atoms with Gasteiger partial charge in [-0.2, -0.15) is 4.52 Å². The fourth-order valence-corrected chi connectivity index (χ4v) is 2.90. The van der Waals surface area contributed by atoms with Crippen LogP contribution in [-0.2, 0) is 0 Å². The van der Waals surface area contributed by atoms with E-state index >= 15 is 0 Å². The lowest BCUT2D eigenvalue weighted by molar-refractivity contribution is 0.836. The average molecular weight is 332 g/mol. The molecular weight excluding hydrogens is 325 g/mol. The van der Waals surface area contributed by atoms with Gasteiger partial charge in [-0.3, -0.25) is 4.79 Å². The Morgan fingerprint density at radius 1 is 1.05 bits per heavy atom. The minimum Gasteiger partial charge on any atom is -0.268 e. The zero-order valence-corrected chi connectivity index (χ0v) is 12.5. The summed E-state index contributed by atoms with van der Waals surface area (Å²) in [5, 5.41) is 12.9. The summed E-state index contributed by atoms with van der Waals surface area (Å²) in [6.07, 6.45) is 0. The van der Waals surface area contributed by atoms with Crippen LogP contribution in [0.15, 0.2) is 47.3 Å². The number of para-hydroxylation sites is 1. The quantitative estimate of drug-likeness (QED) is 0.538. The van der Waals surface area contributed by atoms with E-state index in [4.69, 9.17) is 23.2 Å². The van der Waals surface area contributed by atoms with Crippen molar-refractivity contribution in [2.75, 3.05) is 0 Å². The first-order chi connectivity index (χ1) is 10.7. The maximum atomic E-state index is 12.8. The van der Waals surface area contributed by atoms with Gasteiger partial charge in [0, 0.05) is 5.02 Å². The molecule has 6 nitrogen and oxygen atoms in total. The summed E-state index contributed by atoms with van der Waals surface area (Å²) in [6, 6.07) is 12.0. The average Bonchev–Trinajstić information content (AvgIpc) is 2.99. The molecule has 0 aliphatic carbocycles. The van der Waals surface area contributed by atoms with Gasteiger partial charge in [-0.25, -0.2) is 4.57 Å². The van der Waals surface area contributed by atoms with Gasteiger partial charge in [0.25, 0.3) is 11.3 Å². The van der Waals surface area contributed by atoms with E-state index in [1.165, 1.54) is 9.08 Å². The fourth-order valence-electron chi connectivity index (χ4n) is 2.41. The van der Waals surface area contributed by atoms with Crippen LogP contribution < -0.4 is 5.56 Å². The number of fused-ring (bicyclic) bond motifs is 3. The molecule has 0 N–H and O–H groups in total. The van der Waals surface area contributed by atoms with Crippen molar-refractivity contribution in [2.45, 2.75) is 0 Å². The van der Waals surface area contributed by atoms with Gasteiger partial charge in [-0.15, -0.1) is 0 Å². The summed E-state index contributed by atoms with van der Waals surface area (Å²) in [6.45, 7) is 0. The molecule has 0 aliphatic rings. The van der Waals surface area contributed by atoms with Crippen molar-refractivity contribution in [1.29, 1.82) is 0 Å². The Balaban J connectivity index is 2.23. The number of hydrogen-bond donors (Lipinski definition) is 0. The molecule has 2 aromatic heterocycles. The third-order valence-electron chi connectivity index (χ3n) is 3.37. The van der Waals surface area contributed by atoms with Gasteiger partial charge in [-0.1, -0.05) is 40.4 Å². The van der Waals surface area contributed by atoms with Gasteiger partial charge in [0.15, 0.2) is 0 Å². The van der Waals surface area contributed by atoms with Gasteiger partial charge < -0.3 is 0 Å². The van der Waals surface area contributed by atoms with Gasteiger partial charge in [0.1, 0.15) is 0 Å². The predicted molar refractivity (Wildman–Crippen MR) is 83.9 cm³/mol. The minimum absolute atomic E-state index is 0.248. The Kier molecular flexibility index (Phi) is 2.88. The molecule has 0 unspecified atom stereocenters. The van der Waals surface area contributed by atoms with Crippen molar-refractivity contribution < 1.29 is 0 Å². The van der Waals surface area contributed by atoms with E-state index in [-0.39, 0.29) is 11.3 Å². The van der Waals surface area contributed by atoms with Gasteiger partial charge >= 0.3 is 0 Å². The molecule has 0 amide bonds. The number of tetrazole rings is 1. The lowest BCUT2D eigenvalue weighted by Crippen LogP contribution is -2.22. The monoisotopic (exact) mass is 331 g/mol. The summed E-state index contributed by atoms with van der Waals surface area (Å²) in [7, 11) is 0. The molecule has 4 rings (SSSR count). The normalized spacial score (nSPS) is 11.4. The zero-order chi connectivity index (χ0) is 15.3. The second-order valence-electron chi connectivity index (χ2n) is 4.64. The fraction of sp³-hybridized carbons (Fsp3) is 0. The standard InChI is InChI=1S/C14H7Cl2N5O/c15-8-5-6-12(10(16)7-8)20-13(22)9-3-1-2-4-11(9)21-14(20)17-18-19-21/h1-7H. The third kappa shape index (κ3) is 1.81. The van der Waals surface area contributed by atoms with Crippen LogP contribution in [0.2, 0.25) is 10.0 Å². The maximum absolute atomic E-state index is 12.8. The molecule has 0 saturated heterocycles. The predicted octanol–water partition coefficient (Wildman–Crippen LogP) is 2.74. The molecular formula is C14H7Cl2N5O. The van der Waals surface area contributed by atoms with Crippen molar-refractivity contribution in [2.24, 2.45) is 0 Å². The molecule has 0 saturated carbocycles. The first-order valence-corrected chi connectivity index (χ1v) is 7.10. The molecule has 0 bridgehead atoms. The molecule has 2 aromatic carbocycles. The summed E-state index contributed by atoms with van der Waals surface area (Å²) < 4.78 is 2.88. The molecule has 2 heterocycles. The Morgan fingerprint density at radius 3 is 2.68 bits per heavy atom. The summed E-state index contributed by atoms with van der Waals surface area (Å²) in [5.41, 5.74) is 0.859. The van der Waals surface area contributed by atoms with E-state index in [0.29, 0.717) is 26.6 Å². The molecule has 22 heavy (non-hydrogen) atoms. The van der Waals surface area contributed by atoms with Crippen molar-refractivity contribution in [3.8, 4) is 5.69 Å². The van der Waals surface area contributed by atoms with Crippen molar-refractivity contribution in [3.05, 3.63) is 62.9 Å². The van der Waals surface area contributed by atoms with E-state index < -0.39 is 0 Å². The van der Waals surface area contributed by atoms with E-state index in [9.17, 15) is 4.79 Å². The van der Waals surface area contributed by atoms with Gasteiger partial charge in [-0.05, 0) is 40.8 Å². The lowest BCUT2D eigenvalue weighted by Gasteiger charge is -2.10. The van der Waals surface area contributed by atoms with E-state index in [1.807, 2.05) is 6.07 Å². The zero-order valence-electron chi connectivity index (χ0n) is 10.9. The van der Waals surface area contributed by atoms with Crippen LogP contribution in [0.5, 0.6) is 0 Å².